The van der Waals surface area contributed by atoms with Crippen LogP contribution in [0.5, 0.6) is 0 Å². The average molecular weight is 529 g/mol. The van der Waals surface area contributed by atoms with E-state index >= 15 is 0 Å². The maximum absolute atomic E-state index is 11.5. The van der Waals surface area contributed by atoms with E-state index in [1.807, 2.05) is 25.1 Å². The Hall–Kier alpha value is -1.61. The number of sulfone groups is 1. The molecule has 2 aromatic rings. The van der Waals surface area contributed by atoms with Gasteiger partial charge in [0.1, 0.15) is 0 Å². The summed E-state index contributed by atoms with van der Waals surface area (Å²) in [6.45, 7) is 8.62. The predicted octanol–water partition coefficient (Wildman–Crippen LogP) is 3.78. The molecule has 0 fully saturated rings. The van der Waals surface area contributed by atoms with Crippen molar-refractivity contribution < 1.29 is 8.42 Å². The van der Waals surface area contributed by atoms with E-state index in [1.165, 1.54) is 11.8 Å². The first kappa shape index (κ1) is 25.4. The molecule has 0 amide bonds. The number of hydrogen-bond donors (Lipinski definition) is 2. The number of hydrogen-bond acceptors (Lipinski definition) is 3. The number of rotatable bonds is 8. The van der Waals surface area contributed by atoms with Gasteiger partial charge in [-0.2, -0.15) is 0 Å². The molecule has 0 unspecified atom stereocenters. The molecule has 0 saturated heterocycles. The molecule has 2 aromatic carbocycles. The van der Waals surface area contributed by atoms with Crippen molar-refractivity contribution in [1.29, 1.82) is 0 Å². The summed E-state index contributed by atoms with van der Waals surface area (Å²) in [7, 11) is -3.15. The number of benzene rings is 2. The molecule has 0 spiro atoms. The molecule has 0 radical (unpaired) electrons. The third-order valence-corrected chi connectivity index (χ3v) is 5.72. The molecule has 160 valence electrons. The Labute approximate surface area is 192 Å². The maximum Gasteiger partial charge on any atom is 0.191 e. The molecule has 0 aromatic heterocycles. The van der Waals surface area contributed by atoms with E-state index in [2.05, 4.69) is 48.7 Å². The molecule has 7 heteroatoms. The maximum atomic E-state index is 11.5. The van der Waals surface area contributed by atoms with Gasteiger partial charge in [-0.15, -0.1) is 24.0 Å². The van der Waals surface area contributed by atoms with Crippen LogP contribution < -0.4 is 10.6 Å². The Morgan fingerprint density at radius 1 is 1.00 bits per heavy atom. The Morgan fingerprint density at radius 3 is 2.17 bits per heavy atom. The molecule has 2 rings (SSSR count). The fraction of sp³-hybridized carbons (Fsp3) is 0.409. The van der Waals surface area contributed by atoms with Crippen LogP contribution in [0, 0.1) is 0 Å². The summed E-state index contributed by atoms with van der Waals surface area (Å²) in [5, 5.41) is 6.64. The molecule has 5 nitrogen and oxygen atoms in total. The summed E-state index contributed by atoms with van der Waals surface area (Å²) < 4.78 is 23.1. The number of aliphatic imine (C=N–C) groups is 1. The van der Waals surface area contributed by atoms with Crippen LogP contribution in [0.15, 0.2) is 64.5 Å². The van der Waals surface area contributed by atoms with Crippen LogP contribution in [0.4, 0.5) is 0 Å². The molecule has 2 N–H and O–H groups in total. The summed E-state index contributed by atoms with van der Waals surface area (Å²) in [6, 6.07) is 17.4. The monoisotopic (exact) mass is 529 g/mol. The van der Waals surface area contributed by atoms with Crippen molar-refractivity contribution in [3.63, 3.8) is 0 Å². The van der Waals surface area contributed by atoms with Gasteiger partial charge in [-0.3, -0.25) is 4.99 Å². The molecule has 0 atom stereocenters. The van der Waals surface area contributed by atoms with E-state index in [0.717, 1.165) is 31.0 Å². The van der Waals surface area contributed by atoms with E-state index in [4.69, 9.17) is 4.99 Å². The molecule has 29 heavy (non-hydrogen) atoms. The van der Waals surface area contributed by atoms with Crippen molar-refractivity contribution >= 4 is 39.8 Å². The lowest BCUT2D eigenvalue weighted by atomic mass is 9.85. The van der Waals surface area contributed by atoms with Crippen molar-refractivity contribution in [2.45, 2.75) is 37.5 Å². The summed E-state index contributed by atoms with van der Waals surface area (Å²) >= 11 is 0. The van der Waals surface area contributed by atoms with Gasteiger partial charge < -0.3 is 10.6 Å². The molecular weight excluding hydrogens is 497 g/mol. The minimum Gasteiger partial charge on any atom is -0.357 e. The SMILES string of the molecule is CCNC(=NCC(C)(C)c1ccccc1)NCCc1ccc(S(C)(=O)=O)cc1.I. The van der Waals surface area contributed by atoms with Gasteiger partial charge in [0, 0.05) is 24.8 Å². The second-order valence-electron chi connectivity index (χ2n) is 7.54. The fourth-order valence-electron chi connectivity index (χ4n) is 2.83. The Balaban J connectivity index is 0.00000420. The normalized spacial score (nSPS) is 12.2. The standard InChI is InChI=1S/C22H31N3O2S.HI/c1-5-23-21(25-17-22(2,3)19-9-7-6-8-10-19)24-16-15-18-11-13-20(14-12-18)28(4,26)27;/h6-14H,5,15-17H2,1-4H3,(H2,23,24,25);1H. The number of nitrogens with one attached hydrogen (secondary N) is 2. The highest BCUT2D eigenvalue weighted by Crippen LogP contribution is 2.22. The van der Waals surface area contributed by atoms with Crippen LogP contribution in [0.1, 0.15) is 31.9 Å². The number of halogens is 1. The largest absolute Gasteiger partial charge is 0.357 e. The minimum absolute atomic E-state index is 0. The lowest BCUT2D eigenvalue weighted by molar-refractivity contribution is 0.537. The highest BCUT2D eigenvalue weighted by molar-refractivity contribution is 14.0. The van der Waals surface area contributed by atoms with Gasteiger partial charge >= 0.3 is 0 Å². The van der Waals surface area contributed by atoms with E-state index < -0.39 is 9.84 Å². The first-order chi connectivity index (χ1) is 13.2. The van der Waals surface area contributed by atoms with E-state index in [0.29, 0.717) is 11.4 Å². The molecule has 0 aliphatic heterocycles. The predicted molar refractivity (Wildman–Crippen MR) is 132 cm³/mol. The zero-order valence-electron chi connectivity index (χ0n) is 17.6. The Morgan fingerprint density at radius 2 is 1.62 bits per heavy atom. The second kappa shape index (κ2) is 11.5. The smallest absolute Gasteiger partial charge is 0.191 e. The average Bonchev–Trinajstić information content (AvgIpc) is 2.66. The fourth-order valence-corrected chi connectivity index (χ4v) is 3.46. The first-order valence-corrected chi connectivity index (χ1v) is 11.5. The van der Waals surface area contributed by atoms with Crippen LogP contribution in [0.3, 0.4) is 0 Å². The topological polar surface area (TPSA) is 70.6 Å². The van der Waals surface area contributed by atoms with Crippen molar-refractivity contribution in [1.82, 2.24) is 10.6 Å². The number of nitrogens with zero attached hydrogens (tertiary/aromatic N) is 1. The lowest BCUT2D eigenvalue weighted by Crippen LogP contribution is -2.39. The van der Waals surface area contributed by atoms with Crippen molar-refractivity contribution in [2.75, 3.05) is 25.9 Å². The van der Waals surface area contributed by atoms with Gasteiger partial charge in [-0.1, -0.05) is 56.3 Å². The van der Waals surface area contributed by atoms with E-state index in [-0.39, 0.29) is 29.4 Å². The van der Waals surface area contributed by atoms with Gasteiger partial charge in [-0.05, 0) is 36.6 Å². The van der Waals surface area contributed by atoms with Gasteiger partial charge in [0.2, 0.25) is 0 Å². The molecule has 0 bridgehead atoms. The highest BCUT2D eigenvalue weighted by atomic mass is 127. The third kappa shape index (κ3) is 8.34. The lowest BCUT2D eigenvalue weighted by Gasteiger charge is -2.24. The van der Waals surface area contributed by atoms with Gasteiger partial charge in [0.15, 0.2) is 15.8 Å². The third-order valence-electron chi connectivity index (χ3n) is 4.59. The summed E-state index contributed by atoms with van der Waals surface area (Å²) in [5.74, 6) is 0.791. The highest BCUT2D eigenvalue weighted by Gasteiger charge is 2.20. The van der Waals surface area contributed by atoms with Crippen molar-refractivity contribution in [3.05, 3.63) is 65.7 Å². The summed E-state index contributed by atoms with van der Waals surface area (Å²) in [4.78, 5) is 5.10. The quantitative estimate of drug-likeness (QED) is 0.310. The molecule has 0 aliphatic carbocycles. The second-order valence-corrected chi connectivity index (χ2v) is 9.55. The van der Waals surface area contributed by atoms with Crippen molar-refractivity contribution in [3.8, 4) is 0 Å². The molecule has 0 heterocycles. The Kier molecular flexibility index (Phi) is 10.1. The summed E-state index contributed by atoms with van der Waals surface area (Å²) in [5.41, 5.74) is 2.30. The Bertz CT molecular complexity index is 880. The van der Waals surface area contributed by atoms with Gasteiger partial charge in [0.05, 0.1) is 11.4 Å². The van der Waals surface area contributed by atoms with Crippen LogP contribution in [0.2, 0.25) is 0 Å². The summed E-state index contributed by atoms with van der Waals surface area (Å²) in [6.07, 6.45) is 2.01. The van der Waals surface area contributed by atoms with Crippen LogP contribution >= 0.6 is 24.0 Å². The van der Waals surface area contributed by atoms with Crippen LogP contribution in [-0.2, 0) is 21.7 Å². The van der Waals surface area contributed by atoms with Gasteiger partial charge in [0.25, 0.3) is 0 Å². The first-order valence-electron chi connectivity index (χ1n) is 9.59. The molecular formula is C22H32IN3O2S. The number of guanidine groups is 1. The van der Waals surface area contributed by atoms with E-state index in [9.17, 15) is 8.42 Å². The minimum atomic E-state index is -3.15. The van der Waals surface area contributed by atoms with Crippen molar-refractivity contribution in [2.24, 2.45) is 4.99 Å². The zero-order valence-corrected chi connectivity index (χ0v) is 20.8. The molecule has 0 aliphatic rings. The zero-order chi connectivity index (χ0) is 20.6. The van der Waals surface area contributed by atoms with Gasteiger partial charge in [-0.25, -0.2) is 8.42 Å². The van der Waals surface area contributed by atoms with E-state index in [1.54, 1.807) is 12.1 Å². The van der Waals surface area contributed by atoms with Crippen LogP contribution in [-0.4, -0.2) is 40.3 Å². The van der Waals surface area contributed by atoms with Crippen LogP contribution in [0.25, 0.3) is 0 Å². The molecule has 0 saturated carbocycles.